The second-order valence-electron chi connectivity index (χ2n) is 39.5. The van der Waals surface area contributed by atoms with Gasteiger partial charge in [-0.2, -0.15) is 0 Å². The van der Waals surface area contributed by atoms with Gasteiger partial charge in [0.05, 0.1) is 50.3 Å². The van der Waals surface area contributed by atoms with E-state index in [1.165, 1.54) is 38.9 Å². The summed E-state index contributed by atoms with van der Waals surface area (Å²) < 4.78 is 10.5. The topological polar surface area (TPSA) is 335 Å². The molecule has 0 saturated carbocycles. The third-order valence-electron chi connectivity index (χ3n) is 21.7. The number of hydrogen-bond acceptors (Lipinski definition) is 15. The Hall–Kier alpha value is -9.85. The first kappa shape index (κ1) is 121. The molecule has 748 valence electrons. The number of epoxide rings is 2. The van der Waals surface area contributed by atoms with Crippen LogP contribution in [0.15, 0.2) is 273 Å². The number of hydrogen-bond donors (Lipinski definition) is 12. The van der Waals surface area contributed by atoms with Crippen LogP contribution in [-0.4, -0.2) is 190 Å². The Balaban J connectivity index is 0.000000776. The maximum Gasteiger partial charge on any atom is 0.320 e. The molecule has 14 atom stereocenters. The molecular weight excluding hydrogens is 1690 g/mol. The summed E-state index contributed by atoms with van der Waals surface area (Å²) in [6.45, 7) is 42.7. The number of nitrogens with one attached hydrogen (secondary N) is 3. The minimum atomic E-state index is -0.959. The Morgan fingerprint density at radius 2 is 0.667 bits per heavy atom. The summed E-state index contributed by atoms with van der Waals surface area (Å²) in [6.07, 6.45) is 8.04. The van der Waals surface area contributed by atoms with Crippen LogP contribution < -0.4 is 33.2 Å². The van der Waals surface area contributed by atoms with Gasteiger partial charge in [0, 0.05) is 69.8 Å². The van der Waals surface area contributed by atoms with Crippen LogP contribution in [-0.2, 0) is 76.9 Å². The first-order chi connectivity index (χ1) is 63.7. The van der Waals surface area contributed by atoms with Crippen molar-refractivity contribution in [3.8, 4) is 0 Å². The van der Waals surface area contributed by atoms with Crippen molar-refractivity contribution in [2.24, 2.45) is 70.5 Å². The monoisotopic (exact) mass is 1870 g/mol. The lowest BCUT2D eigenvalue weighted by atomic mass is 9.95. The minimum absolute atomic E-state index is 0. The average Bonchev–Trinajstić information content (AvgIpc) is 1.87. The molecule has 2 fully saturated rings. The first-order valence-electron chi connectivity index (χ1n) is 48.3. The van der Waals surface area contributed by atoms with E-state index in [0.717, 1.165) is 82.1 Å². The maximum absolute atomic E-state index is 12.5. The van der Waals surface area contributed by atoms with E-state index in [9.17, 15) is 34.5 Å². The van der Waals surface area contributed by atoms with E-state index in [0.29, 0.717) is 86.7 Å². The van der Waals surface area contributed by atoms with Crippen LogP contribution in [0.2, 0.25) is 0 Å². The van der Waals surface area contributed by atoms with Crippen LogP contribution in [0.4, 0.5) is 14.3 Å². The largest absolute Gasteiger partial charge is 0.480 e. The zero-order chi connectivity index (χ0) is 99.4. The number of carbonyl (C=O) groups excluding carboxylic acids is 3. The second kappa shape index (κ2) is 69.0. The smallest absolute Gasteiger partial charge is 0.320 e. The molecule has 0 aliphatic carbocycles. The van der Waals surface area contributed by atoms with Crippen molar-refractivity contribution in [1.82, 2.24) is 25.8 Å². The molecule has 0 spiro atoms. The highest BCUT2D eigenvalue weighted by Crippen LogP contribution is 2.25. The van der Waals surface area contributed by atoms with E-state index >= 15 is 0 Å². The van der Waals surface area contributed by atoms with Gasteiger partial charge in [-0.15, -0.1) is 0 Å². The standard InChI is InChI=1S/C20H34N2O2.C19H33N3O2.C15H25NO.2C11H14O.C10H14O.C10H12O.C9H11NO2.C9H13NO.FH.H2/c1-15(2)13-22(19(24)21-20(4,5)6)14-18(23)16(3)12-17-10-8-7-9-11-17;1-14(2)12-22(18(24)21-19(3,4)5)13-17(23)16(20)11-15-9-7-6-8-10-15;1-12(2)10-16-11-15(17)13(3)9-14-7-5-4-6-8-14;2*1-9(11-8-12-11)7-10-5-3-2-4-6-10;2*1-9(8-11)7-10-5-3-2-4-6-10;10-8(9(11)12)6-7-4-2-1-3-5-7;10-9(7-11)6-8-4-2-1-3-5-8;;/h7-11,15-16,18,23H,12-14H2,1-6H3,(H,21,24);6-10,14,16-17,23H,11-13,20H2,1-5H3,(H,21,24);4-8,12-13,15-17H,9-11H2,1-3H3;2*2-6,9,11H,7-8H2,1H3;2-6,9,11H,7-8H2,1H3;2-6,8-9H,7H2,1H3;1-5,8H,6,10H2,(H,11,12);1-5,9,11H,6-7,10H2;2*1H/t16-,18+;16-,17+;13-,15?;9-,11+;9-,11-;2*9-;8-;9-;;/m000000000../s1/i;;;;;;;;;;1+2. The summed E-state index contributed by atoms with van der Waals surface area (Å²) in [5, 5.41) is 66.3. The predicted molar refractivity (Wildman–Crippen MR) is 557 cm³/mol. The minimum Gasteiger partial charge on any atom is -0.480 e. The van der Waals surface area contributed by atoms with Crippen molar-refractivity contribution in [3.05, 3.63) is 323 Å². The molecule has 21 heteroatoms. The SMILES string of the molecule is CC(C)CN(C[C@@H](O)[C@@H](C)Cc1ccccc1)C(=O)NC(C)(C)C.CC(C)CN(C[C@@H](O)[C@@H](N)Cc1ccccc1)C(=O)NC(C)(C)C.CC(C)CNCC(O)[C@@H](C)Cc1ccccc1.C[C@@H](Cc1ccccc1)[C@@H]1CO1.C[C@@H](Cc1ccccc1)[C@H]1CO1.C[C@H](C=O)Cc1ccccc1.C[C@H](CO)Cc1ccccc1.F.N[C@@H](Cc1ccccc1)C(=O)O.N[C@H](CO)Cc1ccccc1.[3HH]. The first-order valence-corrected chi connectivity index (χ1v) is 48.3. The average molecular weight is 1870 g/mol. The van der Waals surface area contributed by atoms with Gasteiger partial charge in [0.2, 0.25) is 0 Å². The number of aliphatic hydroxyl groups is 5. The van der Waals surface area contributed by atoms with Crippen LogP contribution in [0, 0.1) is 53.3 Å². The highest BCUT2D eigenvalue weighted by atomic mass is 19.0. The Bertz CT molecular complexity index is 4220. The molecule has 2 saturated heterocycles. The van der Waals surface area contributed by atoms with E-state index in [4.69, 9.17) is 42.0 Å². The van der Waals surface area contributed by atoms with Gasteiger partial charge in [0.1, 0.15) is 12.3 Å². The van der Waals surface area contributed by atoms with Crippen LogP contribution in [0.3, 0.4) is 0 Å². The van der Waals surface area contributed by atoms with Crippen molar-refractivity contribution < 1.29 is 65.4 Å². The number of urea groups is 2. The van der Waals surface area contributed by atoms with Gasteiger partial charge in [-0.25, -0.2) is 9.59 Å². The number of halogens is 1. The fraction of sp³-hybridized carbons (Fsp3) is 0.491. The highest BCUT2D eigenvalue weighted by molar-refractivity contribution is 5.75. The zero-order valence-electron chi connectivity index (χ0n) is 84.5. The van der Waals surface area contributed by atoms with E-state index in [2.05, 4.69) is 161 Å². The number of carbonyl (C=O) groups is 4. The van der Waals surface area contributed by atoms with Crippen molar-refractivity contribution in [2.45, 2.75) is 242 Å². The lowest BCUT2D eigenvalue weighted by Gasteiger charge is -2.32. The van der Waals surface area contributed by atoms with E-state index in [1.807, 2.05) is 252 Å². The molecule has 9 aromatic rings. The summed E-state index contributed by atoms with van der Waals surface area (Å²) in [6, 6.07) is 89.5. The van der Waals surface area contributed by atoms with Gasteiger partial charge in [-0.05, 0) is 203 Å². The molecule has 0 bridgehead atoms. The van der Waals surface area contributed by atoms with Gasteiger partial charge in [0.15, 0.2) is 0 Å². The molecule has 2 heterocycles. The van der Waals surface area contributed by atoms with Crippen LogP contribution in [0.25, 0.3) is 0 Å². The number of aliphatic carboxylic acids is 1. The quantitative estimate of drug-likeness (QED) is 0.0126. The molecular formula is C114H173FN8O12. The molecule has 0 radical (unpaired) electrons. The Kier molecular flexibility index (Phi) is 62.0. The second-order valence-corrected chi connectivity index (χ2v) is 39.5. The molecule has 9 aromatic carbocycles. The summed E-state index contributed by atoms with van der Waals surface area (Å²) in [5.41, 5.74) is 27.5. The Morgan fingerprint density at radius 3 is 0.948 bits per heavy atom. The van der Waals surface area contributed by atoms with Crippen molar-refractivity contribution in [1.29, 1.82) is 0 Å². The molecule has 0 aromatic heterocycles. The number of nitrogens with two attached hydrogens (primary N) is 3. The van der Waals surface area contributed by atoms with Crippen LogP contribution in [0.5, 0.6) is 0 Å². The molecule has 1 unspecified atom stereocenters. The van der Waals surface area contributed by atoms with Gasteiger partial charge >= 0.3 is 18.0 Å². The Morgan fingerprint density at radius 1 is 0.385 bits per heavy atom. The molecule has 2 aliphatic heterocycles. The number of benzene rings is 9. The van der Waals surface area contributed by atoms with Crippen LogP contribution in [0.1, 0.15) is 176 Å². The molecule has 2 aliphatic rings. The summed E-state index contributed by atoms with van der Waals surface area (Å²) >= 11 is 0. The van der Waals surface area contributed by atoms with E-state index in [1.54, 1.807) is 9.80 Å². The van der Waals surface area contributed by atoms with E-state index < -0.39 is 30.3 Å². The lowest BCUT2D eigenvalue weighted by Crippen LogP contribution is -2.53. The number of carboxylic acid groups (broad SMARTS) is 1. The summed E-state index contributed by atoms with van der Waals surface area (Å²) in [7, 11) is 0. The Labute approximate surface area is 812 Å². The van der Waals surface area contributed by atoms with Crippen molar-refractivity contribution >= 4 is 24.3 Å². The third-order valence-corrected chi connectivity index (χ3v) is 21.7. The summed E-state index contributed by atoms with van der Waals surface area (Å²) in [5.74, 6) is 2.57. The number of amides is 4. The van der Waals surface area contributed by atoms with Gasteiger partial charge in [0.25, 0.3) is 0 Å². The maximum atomic E-state index is 12.5. The number of aldehydes is 1. The number of nitrogens with zero attached hydrogens (tertiary/aromatic N) is 2. The van der Waals surface area contributed by atoms with Gasteiger partial charge < -0.3 is 87.9 Å². The van der Waals surface area contributed by atoms with Gasteiger partial charge in [-0.3, -0.25) is 9.50 Å². The molecule has 15 N–H and O–H groups in total. The normalized spacial score (nSPS) is 15.4. The van der Waals surface area contributed by atoms with Crippen LogP contribution >= 0.6 is 0 Å². The zero-order valence-corrected chi connectivity index (χ0v) is 84.5. The fourth-order valence-electron chi connectivity index (χ4n) is 14.0. The number of carboxylic acids is 1. The number of ether oxygens (including phenoxy) is 2. The number of aliphatic hydroxyl groups excluding tert-OH is 5. The predicted octanol–water partition coefficient (Wildman–Crippen LogP) is 18.6. The number of rotatable bonds is 39. The molecule has 20 nitrogen and oxygen atoms in total. The third kappa shape index (κ3) is 61.1. The lowest BCUT2D eigenvalue weighted by molar-refractivity contribution is -0.138. The molecule has 135 heavy (non-hydrogen) atoms. The fourth-order valence-corrected chi connectivity index (χ4v) is 14.0. The molecule has 4 amide bonds. The van der Waals surface area contributed by atoms with Crippen molar-refractivity contribution in [2.75, 3.05) is 65.7 Å². The highest BCUT2D eigenvalue weighted by Gasteiger charge is 2.31. The van der Waals surface area contributed by atoms with Crippen molar-refractivity contribution in [3.63, 3.8) is 0 Å². The van der Waals surface area contributed by atoms with E-state index in [-0.39, 0.29) is 78.9 Å². The summed E-state index contributed by atoms with van der Waals surface area (Å²) in [4.78, 5) is 49.1. The van der Waals surface area contributed by atoms with Gasteiger partial charge in [-0.1, -0.05) is 356 Å². The molecule has 11 rings (SSSR count).